The van der Waals surface area contributed by atoms with Crippen LogP contribution in [0.15, 0.2) is 73.4 Å². The van der Waals surface area contributed by atoms with E-state index in [9.17, 15) is 8.42 Å². The number of aromatic nitrogens is 1. The molecular formula is C27H31N3O4S. The van der Waals surface area contributed by atoms with E-state index in [-0.39, 0.29) is 5.75 Å². The quantitative estimate of drug-likeness (QED) is 0.451. The topological polar surface area (TPSA) is 80.8 Å². The van der Waals surface area contributed by atoms with Crippen molar-refractivity contribution in [1.29, 1.82) is 0 Å². The summed E-state index contributed by atoms with van der Waals surface area (Å²) in [6.07, 6.45) is 2.64. The van der Waals surface area contributed by atoms with E-state index in [1.165, 1.54) is 0 Å². The monoisotopic (exact) mass is 493 g/mol. The summed E-state index contributed by atoms with van der Waals surface area (Å²) in [5.74, 6) is 1.08. The van der Waals surface area contributed by atoms with Crippen LogP contribution in [0.25, 0.3) is 5.70 Å². The van der Waals surface area contributed by atoms with Crippen LogP contribution in [0.3, 0.4) is 0 Å². The molecule has 1 aromatic heterocycles. The first kappa shape index (κ1) is 24.8. The maximum atomic E-state index is 12.7. The summed E-state index contributed by atoms with van der Waals surface area (Å²) < 4.78 is 39.7. The molecule has 0 saturated carbocycles. The molecule has 0 radical (unpaired) electrons. The van der Waals surface area contributed by atoms with E-state index in [0.717, 1.165) is 29.9 Å². The molecule has 0 spiro atoms. The molecule has 184 valence electrons. The highest BCUT2D eigenvalue weighted by Gasteiger charge is 2.18. The van der Waals surface area contributed by atoms with Crippen LogP contribution in [0.4, 0.5) is 5.69 Å². The summed E-state index contributed by atoms with van der Waals surface area (Å²) in [7, 11) is -3.57. The van der Waals surface area contributed by atoms with Crippen molar-refractivity contribution in [2.45, 2.75) is 19.8 Å². The largest absolute Gasteiger partial charge is 0.439 e. The Hall–Kier alpha value is -3.36. The molecule has 8 heteroatoms. The Balaban J connectivity index is 1.48. The summed E-state index contributed by atoms with van der Waals surface area (Å²) >= 11 is 0. The zero-order valence-corrected chi connectivity index (χ0v) is 20.8. The van der Waals surface area contributed by atoms with Crippen molar-refractivity contribution in [3.63, 3.8) is 0 Å². The molecule has 2 heterocycles. The van der Waals surface area contributed by atoms with Crippen LogP contribution in [0.1, 0.15) is 23.6 Å². The summed E-state index contributed by atoms with van der Waals surface area (Å²) in [6.45, 7) is 9.07. The minimum atomic E-state index is -3.57. The molecule has 0 unspecified atom stereocenters. The average Bonchev–Trinajstić information content (AvgIpc) is 2.88. The van der Waals surface area contributed by atoms with E-state index < -0.39 is 10.0 Å². The van der Waals surface area contributed by atoms with Gasteiger partial charge in [-0.1, -0.05) is 49.9 Å². The van der Waals surface area contributed by atoms with E-state index in [1.807, 2.05) is 55.5 Å². The zero-order valence-electron chi connectivity index (χ0n) is 19.9. The fraction of sp³-hybridized carbons (Fsp3) is 0.296. The van der Waals surface area contributed by atoms with Crippen molar-refractivity contribution in [2.24, 2.45) is 0 Å². The number of hydrogen-bond acceptors (Lipinski definition) is 6. The number of pyridine rings is 1. The first-order valence-electron chi connectivity index (χ1n) is 11.8. The number of morpholine rings is 1. The molecule has 1 fully saturated rings. The number of benzene rings is 2. The molecule has 4 rings (SSSR count). The highest BCUT2D eigenvalue weighted by atomic mass is 32.2. The Morgan fingerprint density at radius 3 is 2.63 bits per heavy atom. The van der Waals surface area contributed by atoms with Crippen molar-refractivity contribution in [3.8, 4) is 11.6 Å². The average molecular weight is 494 g/mol. The van der Waals surface area contributed by atoms with Gasteiger partial charge in [-0.25, -0.2) is 13.4 Å². The van der Waals surface area contributed by atoms with E-state index in [0.29, 0.717) is 48.9 Å². The fourth-order valence-electron chi connectivity index (χ4n) is 4.05. The number of anilines is 1. The van der Waals surface area contributed by atoms with Gasteiger partial charge in [0.05, 0.1) is 19.0 Å². The van der Waals surface area contributed by atoms with Gasteiger partial charge in [-0.2, -0.15) is 0 Å². The lowest BCUT2D eigenvalue weighted by Crippen LogP contribution is -2.36. The number of aryl methyl sites for hydroxylation is 1. The lowest BCUT2D eigenvalue weighted by molar-refractivity contribution is 0.122. The van der Waals surface area contributed by atoms with E-state index >= 15 is 0 Å². The lowest BCUT2D eigenvalue weighted by atomic mass is 10.1. The van der Waals surface area contributed by atoms with Crippen LogP contribution in [0.5, 0.6) is 11.6 Å². The van der Waals surface area contributed by atoms with Gasteiger partial charge in [-0.05, 0) is 36.6 Å². The molecule has 0 bridgehead atoms. The van der Waals surface area contributed by atoms with Crippen molar-refractivity contribution in [3.05, 3.63) is 90.1 Å². The molecule has 7 nitrogen and oxygen atoms in total. The minimum Gasteiger partial charge on any atom is -0.439 e. The van der Waals surface area contributed by atoms with Crippen molar-refractivity contribution < 1.29 is 17.9 Å². The zero-order chi connectivity index (χ0) is 24.7. The lowest BCUT2D eigenvalue weighted by Gasteiger charge is -2.29. The predicted molar refractivity (Wildman–Crippen MR) is 139 cm³/mol. The number of rotatable bonds is 10. The van der Waals surface area contributed by atoms with Crippen LogP contribution in [0.2, 0.25) is 0 Å². The third-order valence-corrected chi connectivity index (χ3v) is 7.18. The van der Waals surface area contributed by atoms with Gasteiger partial charge in [0.15, 0.2) is 0 Å². The molecule has 1 aliphatic heterocycles. The van der Waals surface area contributed by atoms with Crippen LogP contribution in [-0.2, 0) is 27.6 Å². The fourth-order valence-corrected chi connectivity index (χ4v) is 5.14. The number of sulfonamides is 1. The van der Waals surface area contributed by atoms with Crippen LogP contribution in [-0.4, -0.2) is 45.5 Å². The molecule has 2 aromatic carbocycles. The minimum absolute atomic E-state index is 0.0275. The molecule has 1 saturated heterocycles. The van der Waals surface area contributed by atoms with E-state index in [2.05, 4.69) is 27.3 Å². The Bertz CT molecular complexity index is 1260. The number of nitrogens with one attached hydrogen (secondary N) is 1. The SMILES string of the molecule is C=C(NS(=O)(=O)CCc1ccccc1)c1ccnc(Oc2cccc(N3CCOCC3)c2)c1CC. The molecular weight excluding hydrogens is 462 g/mol. The first-order valence-corrected chi connectivity index (χ1v) is 13.4. The number of nitrogens with zero attached hydrogens (tertiary/aromatic N) is 2. The van der Waals surface area contributed by atoms with Crippen molar-refractivity contribution >= 4 is 21.4 Å². The normalized spacial score (nSPS) is 13.9. The van der Waals surface area contributed by atoms with Gasteiger partial charge in [0, 0.05) is 47.9 Å². The van der Waals surface area contributed by atoms with Crippen LogP contribution in [0, 0.1) is 0 Å². The summed E-state index contributed by atoms with van der Waals surface area (Å²) in [6, 6.07) is 19.2. The summed E-state index contributed by atoms with van der Waals surface area (Å²) in [4.78, 5) is 6.69. The molecule has 0 amide bonds. The van der Waals surface area contributed by atoms with Gasteiger partial charge in [0.2, 0.25) is 15.9 Å². The second-order valence-corrected chi connectivity index (χ2v) is 10.2. The van der Waals surface area contributed by atoms with Crippen molar-refractivity contribution in [1.82, 2.24) is 9.71 Å². The van der Waals surface area contributed by atoms with Gasteiger partial charge in [0.1, 0.15) is 5.75 Å². The predicted octanol–water partition coefficient (Wildman–Crippen LogP) is 4.41. The van der Waals surface area contributed by atoms with E-state index in [4.69, 9.17) is 9.47 Å². The van der Waals surface area contributed by atoms with E-state index in [1.54, 1.807) is 12.3 Å². The van der Waals surface area contributed by atoms with Gasteiger partial charge in [0.25, 0.3) is 0 Å². The highest BCUT2D eigenvalue weighted by molar-refractivity contribution is 7.89. The van der Waals surface area contributed by atoms with Gasteiger partial charge in [-0.3, -0.25) is 4.72 Å². The standard InChI is InChI=1S/C27H31N3O4S/c1-3-25-26(21(2)29-35(31,32)19-13-22-8-5-4-6-9-22)12-14-28-27(25)34-24-11-7-10-23(20-24)30-15-17-33-18-16-30/h4-12,14,20,29H,2-3,13,15-19H2,1H3. The molecule has 0 atom stereocenters. The van der Waals surface area contributed by atoms with Gasteiger partial charge >= 0.3 is 0 Å². The highest BCUT2D eigenvalue weighted by Crippen LogP contribution is 2.31. The molecule has 3 aromatic rings. The Kier molecular flexibility index (Phi) is 8.05. The summed E-state index contributed by atoms with van der Waals surface area (Å²) in [5.41, 5.74) is 3.81. The third kappa shape index (κ3) is 6.61. The van der Waals surface area contributed by atoms with Gasteiger partial charge in [-0.15, -0.1) is 0 Å². The second-order valence-electron chi connectivity index (χ2n) is 8.33. The van der Waals surface area contributed by atoms with Crippen molar-refractivity contribution in [2.75, 3.05) is 37.0 Å². The maximum Gasteiger partial charge on any atom is 0.233 e. The Morgan fingerprint density at radius 1 is 1.11 bits per heavy atom. The third-order valence-electron chi connectivity index (χ3n) is 5.88. The van der Waals surface area contributed by atoms with Gasteiger partial charge < -0.3 is 14.4 Å². The van der Waals surface area contributed by atoms with Crippen LogP contribution >= 0.6 is 0 Å². The molecule has 1 aliphatic rings. The number of hydrogen-bond donors (Lipinski definition) is 1. The first-order chi connectivity index (χ1) is 16.9. The Morgan fingerprint density at radius 2 is 1.89 bits per heavy atom. The molecule has 35 heavy (non-hydrogen) atoms. The summed E-state index contributed by atoms with van der Waals surface area (Å²) in [5, 5.41) is 0. The maximum absolute atomic E-state index is 12.7. The smallest absolute Gasteiger partial charge is 0.233 e. The Labute approximate surface area is 207 Å². The number of ether oxygens (including phenoxy) is 2. The second kappa shape index (κ2) is 11.4. The van der Waals surface area contributed by atoms with Crippen LogP contribution < -0.4 is 14.4 Å². The molecule has 0 aliphatic carbocycles. The molecule has 1 N–H and O–H groups in total.